The minimum absolute atomic E-state index is 0.0987. The lowest BCUT2D eigenvalue weighted by atomic mass is 9.79. The number of rotatable bonds is 4. The van der Waals surface area contributed by atoms with Crippen LogP contribution in [0.3, 0.4) is 0 Å². The number of hydrogen-bond acceptors (Lipinski definition) is 3. The summed E-state index contributed by atoms with van der Waals surface area (Å²) >= 11 is 7.99. The van der Waals surface area contributed by atoms with Gasteiger partial charge in [-0.1, -0.05) is 104 Å². The predicted octanol–water partition coefficient (Wildman–Crippen LogP) is 9.57. The molecular formula is C32H39Br2NO2. The summed E-state index contributed by atoms with van der Waals surface area (Å²) in [5.74, 6) is 1.86. The molecule has 0 bridgehead atoms. The van der Waals surface area contributed by atoms with E-state index in [1.807, 2.05) is 0 Å². The van der Waals surface area contributed by atoms with Crippen LogP contribution in [-0.4, -0.2) is 19.1 Å². The Morgan fingerprint density at radius 1 is 0.730 bits per heavy atom. The first kappa shape index (κ1) is 28.2. The largest absolute Gasteiger partial charge is 0.496 e. The molecule has 0 saturated heterocycles. The molecule has 4 rings (SSSR count). The van der Waals surface area contributed by atoms with E-state index in [0.29, 0.717) is 0 Å². The van der Waals surface area contributed by atoms with Crippen molar-refractivity contribution < 1.29 is 9.47 Å². The van der Waals surface area contributed by atoms with E-state index < -0.39 is 0 Å². The third-order valence-electron chi connectivity index (χ3n) is 7.49. The molecule has 5 heteroatoms. The minimum Gasteiger partial charge on any atom is -0.496 e. The molecule has 0 unspecified atom stereocenters. The summed E-state index contributed by atoms with van der Waals surface area (Å²) in [6, 6.07) is 15.5. The molecule has 1 aliphatic rings. The van der Waals surface area contributed by atoms with Gasteiger partial charge in [0.2, 0.25) is 0 Å². The van der Waals surface area contributed by atoms with Crippen molar-refractivity contribution in [2.75, 3.05) is 14.2 Å². The lowest BCUT2D eigenvalue weighted by Gasteiger charge is -2.30. The molecule has 0 aliphatic carbocycles. The molecule has 3 aromatic carbocycles. The van der Waals surface area contributed by atoms with Crippen molar-refractivity contribution in [3.63, 3.8) is 0 Å². The minimum atomic E-state index is -0.0987. The third-order valence-corrected chi connectivity index (χ3v) is 8.91. The maximum atomic E-state index is 6.27. The van der Waals surface area contributed by atoms with Crippen molar-refractivity contribution in [3.8, 4) is 22.6 Å². The molecule has 1 heterocycles. The normalized spacial score (nSPS) is 15.0. The quantitative estimate of drug-likeness (QED) is 0.287. The van der Waals surface area contributed by atoms with Gasteiger partial charge in [0.25, 0.3) is 0 Å². The Kier molecular flexibility index (Phi) is 7.92. The van der Waals surface area contributed by atoms with E-state index in [1.165, 1.54) is 27.8 Å². The molecule has 0 aromatic heterocycles. The summed E-state index contributed by atoms with van der Waals surface area (Å²) in [6.07, 6.45) is 0. The highest BCUT2D eigenvalue weighted by Gasteiger charge is 2.36. The fourth-order valence-electron chi connectivity index (χ4n) is 5.40. The molecule has 198 valence electrons. The Labute approximate surface area is 239 Å². The van der Waals surface area contributed by atoms with E-state index in [0.717, 1.165) is 44.7 Å². The fraction of sp³-hybridized carbons (Fsp3) is 0.438. The monoisotopic (exact) mass is 627 g/mol. The second-order valence-electron chi connectivity index (χ2n) is 12.1. The van der Waals surface area contributed by atoms with Gasteiger partial charge in [0.1, 0.15) is 11.5 Å². The Morgan fingerprint density at radius 3 is 1.49 bits per heavy atom. The number of nitrogens with zero attached hydrogens (tertiary/aromatic N) is 1. The molecule has 0 N–H and O–H groups in total. The molecule has 0 radical (unpaired) electrons. The number of benzene rings is 3. The number of hydrogen-bond donors (Lipinski definition) is 0. The molecule has 1 aliphatic heterocycles. The van der Waals surface area contributed by atoms with Crippen LogP contribution in [-0.2, 0) is 23.9 Å². The summed E-state index contributed by atoms with van der Waals surface area (Å²) in [7, 11) is 3.59. The molecule has 1 atom stereocenters. The van der Waals surface area contributed by atoms with Crippen molar-refractivity contribution in [2.24, 2.45) is 0 Å². The zero-order valence-corrected chi connectivity index (χ0v) is 26.7. The van der Waals surface area contributed by atoms with Crippen molar-refractivity contribution in [3.05, 3.63) is 79.2 Å². The van der Waals surface area contributed by atoms with Crippen LogP contribution in [0.5, 0.6) is 11.5 Å². The van der Waals surface area contributed by atoms with Crippen LogP contribution in [0.4, 0.5) is 0 Å². The summed E-state index contributed by atoms with van der Waals surface area (Å²) < 4.78 is 14.8. The van der Waals surface area contributed by atoms with Crippen LogP contribution in [0.1, 0.15) is 82.3 Å². The smallest absolute Gasteiger partial charge is 0.130 e. The second-order valence-corrected chi connectivity index (χ2v) is 13.8. The second kappa shape index (κ2) is 10.4. The van der Waals surface area contributed by atoms with Gasteiger partial charge in [-0.15, -0.1) is 0 Å². The zero-order valence-electron chi connectivity index (χ0n) is 23.6. The van der Waals surface area contributed by atoms with E-state index in [9.17, 15) is 0 Å². The summed E-state index contributed by atoms with van der Waals surface area (Å²) in [5.41, 5.74) is 8.16. The maximum absolute atomic E-state index is 6.27. The van der Waals surface area contributed by atoms with Gasteiger partial charge in [-0.3, -0.25) is 4.90 Å². The van der Waals surface area contributed by atoms with Gasteiger partial charge in [-0.25, -0.2) is 0 Å². The number of methoxy groups -OCH3 is 2. The lowest BCUT2D eigenvalue weighted by Crippen LogP contribution is -2.26. The molecule has 37 heavy (non-hydrogen) atoms. The van der Waals surface area contributed by atoms with E-state index >= 15 is 0 Å². The molecule has 0 fully saturated rings. The van der Waals surface area contributed by atoms with Crippen molar-refractivity contribution in [1.29, 1.82) is 0 Å². The molecule has 3 aromatic rings. The van der Waals surface area contributed by atoms with Crippen LogP contribution in [0.25, 0.3) is 11.1 Å². The van der Waals surface area contributed by atoms with Crippen LogP contribution in [0, 0.1) is 0 Å². The van der Waals surface area contributed by atoms with E-state index in [1.54, 1.807) is 14.2 Å². The van der Waals surface area contributed by atoms with Gasteiger partial charge in [0.15, 0.2) is 0 Å². The van der Waals surface area contributed by atoms with Gasteiger partial charge in [0, 0.05) is 50.3 Å². The summed E-state index contributed by atoms with van der Waals surface area (Å²) in [5, 5.41) is 0. The van der Waals surface area contributed by atoms with Gasteiger partial charge in [0.05, 0.1) is 14.2 Å². The maximum Gasteiger partial charge on any atom is 0.130 e. The Morgan fingerprint density at radius 2 is 1.14 bits per heavy atom. The molecule has 0 amide bonds. The van der Waals surface area contributed by atoms with Crippen molar-refractivity contribution in [1.82, 2.24) is 4.90 Å². The van der Waals surface area contributed by atoms with Crippen LogP contribution in [0.2, 0.25) is 0 Å². The number of fused-ring (bicyclic) bond motifs is 3. The first-order valence-electron chi connectivity index (χ1n) is 12.9. The molecular weight excluding hydrogens is 590 g/mol. The average Bonchev–Trinajstić information content (AvgIpc) is 3.02. The van der Waals surface area contributed by atoms with E-state index in [-0.39, 0.29) is 16.9 Å². The molecule has 3 nitrogen and oxygen atoms in total. The summed E-state index contributed by atoms with van der Waals surface area (Å²) in [4.78, 5) is 2.54. The van der Waals surface area contributed by atoms with E-state index in [2.05, 4.69) is 128 Å². The third kappa shape index (κ3) is 5.24. The predicted molar refractivity (Wildman–Crippen MR) is 162 cm³/mol. The Balaban J connectivity index is 2.14. The van der Waals surface area contributed by atoms with Crippen LogP contribution in [0.15, 0.2) is 51.4 Å². The highest BCUT2D eigenvalue weighted by atomic mass is 79.9. The SMILES string of the molecule is COc1c(C(C)(C)C)cc(Br)c2c1-c1c(c(Br)cc(C(C)(C)C)c1OC)CN([C@H](C)c1ccccc1)C2. The van der Waals surface area contributed by atoms with Gasteiger partial charge >= 0.3 is 0 Å². The van der Waals surface area contributed by atoms with Gasteiger partial charge < -0.3 is 9.47 Å². The van der Waals surface area contributed by atoms with Gasteiger partial charge in [-0.05, 0) is 46.6 Å². The summed E-state index contributed by atoms with van der Waals surface area (Å²) in [6.45, 7) is 17.3. The topological polar surface area (TPSA) is 21.7 Å². The van der Waals surface area contributed by atoms with Crippen molar-refractivity contribution in [2.45, 2.75) is 78.4 Å². The van der Waals surface area contributed by atoms with Crippen LogP contribution >= 0.6 is 31.9 Å². The first-order chi connectivity index (χ1) is 17.3. The standard InChI is InChI=1S/C32H39Br2NO2/c1-19(20-13-11-10-12-14-20)35-17-21-25(33)15-23(31(2,3)4)29(36-8)27(21)28-22(18-35)26(34)16-24(30(28)37-9)32(5,6)7/h10-16,19H,17-18H2,1-9H3/t19-/m1/s1. The Hall–Kier alpha value is -1.82. The van der Waals surface area contributed by atoms with E-state index in [4.69, 9.17) is 9.47 Å². The number of halogens is 2. The fourth-order valence-corrected chi connectivity index (χ4v) is 6.50. The average molecular weight is 629 g/mol. The van der Waals surface area contributed by atoms with Crippen LogP contribution < -0.4 is 9.47 Å². The molecule has 0 saturated carbocycles. The lowest BCUT2D eigenvalue weighted by molar-refractivity contribution is 0.193. The van der Waals surface area contributed by atoms with Crippen molar-refractivity contribution >= 4 is 31.9 Å². The first-order valence-corrected chi connectivity index (χ1v) is 14.5. The Bertz CT molecular complexity index is 1220. The molecule has 0 spiro atoms. The highest BCUT2D eigenvalue weighted by Crippen LogP contribution is 2.54. The number of ether oxygens (including phenoxy) is 2. The highest BCUT2D eigenvalue weighted by molar-refractivity contribution is 9.10. The zero-order chi connectivity index (χ0) is 27.3. The van der Waals surface area contributed by atoms with Gasteiger partial charge in [-0.2, -0.15) is 0 Å².